The Hall–Kier alpha value is -1.18. The molecule has 1 saturated heterocycles. The van der Waals surface area contributed by atoms with E-state index in [9.17, 15) is 8.42 Å². The molecule has 1 aromatic rings. The monoisotopic (exact) mass is 367 g/mol. The molecule has 1 aliphatic carbocycles. The van der Waals surface area contributed by atoms with E-state index in [4.69, 9.17) is 4.74 Å². The predicted molar refractivity (Wildman–Crippen MR) is 97.1 cm³/mol. The number of nitrogens with zero attached hydrogens (tertiary/aromatic N) is 3. The molecule has 0 amide bonds. The van der Waals surface area contributed by atoms with Gasteiger partial charge in [-0.15, -0.1) is 0 Å². The van der Waals surface area contributed by atoms with E-state index in [2.05, 4.69) is 16.5 Å². The highest BCUT2D eigenvalue weighted by Crippen LogP contribution is 2.32. The summed E-state index contributed by atoms with van der Waals surface area (Å²) in [6.45, 7) is 8.68. The van der Waals surface area contributed by atoms with Crippen LogP contribution in [0.3, 0.4) is 0 Å². The van der Waals surface area contributed by atoms with Crippen molar-refractivity contribution in [1.82, 2.24) is 14.5 Å². The van der Waals surface area contributed by atoms with Crippen LogP contribution in [-0.4, -0.2) is 54.9 Å². The summed E-state index contributed by atoms with van der Waals surface area (Å²) in [4.78, 5) is 6.44. The van der Waals surface area contributed by atoms with Crippen molar-refractivity contribution in [3.63, 3.8) is 0 Å². The highest BCUT2D eigenvalue weighted by Gasteiger charge is 2.33. The number of ether oxygens (including phenoxy) is 1. The Bertz CT molecular complexity index is 716. The van der Waals surface area contributed by atoms with E-state index in [1.165, 1.54) is 0 Å². The van der Waals surface area contributed by atoms with Gasteiger partial charge in [0.25, 0.3) is 0 Å². The van der Waals surface area contributed by atoms with Crippen molar-refractivity contribution in [3.05, 3.63) is 24.0 Å². The lowest BCUT2D eigenvalue weighted by molar-refractivity contribution is 0.0935. The standard InChI is InChI=1S/C18H29N3O3S/c1-14(2)10-20(3)11-16-9-19-18(25(22,23)13-15-6-7-15)21(16)12-17-5-4-8-24-17/h9,15,17H,1,4-8,10-13H2,2-3H3. The van der Waals surface area contributed by atoms with E-state index in [1.807, 2.05) is 18.5 Å². The number of imidazole rings is 1. The third kappa shape index (κ3) is 4.92. The Morgan fingerprint density at radius 3 is 2.80 bits per heavy atom. The van der Waals surface area contributed by atoms with Crippen molar-refractivity contribution in [2.45, 2.75) is 57.0 Å². The maximum Gasteiger partial charge on any atom is 0.227 e. The van der Waals surface area contributed by atoms with Gasteiger partial charge in [-0.1, -0.05) is 12.2 Å². The molecule has 25 heavy (non-hydrogen) atoms. The predicted octanol–water partition coefficient (Wildman–Crippen LogP) is 2.25. The molecule has 2 fully saturated rings. The van der Waals surface area contributed by atoms with Crippen molar-refractivity contribution in [3.8, 4) is 0 Å². The van der Waals surface area contributed by atoms with Crippen LogP contribution in [-0.2, 0) is 27.7 Å². The number of aromatic nitrogens is 2. The van der Waals surface area contributed by atoms with E-state index in [0.717, 1.165) is 50.1 Å². The fourth-order valence-electron chi connectivity index (χ4n) is 3.42. The molecule has 7 heteroatoms. The van der Waals surface area contributed by atoms with E-state index < -0.39 is 9.84 Å². The first-order valence-electron chi connectivity index (χ1n) is 9.07. The Morgan fingerprint density at radius 2 is 2.20 bits per heavy atom. The Kier molecular flexibility index (Phi) is 5.65. The van der Waals surface area contributed by atoms with E-state index in [-0.39, 0.29) is 17.0 Å². The van der Waals surface area contributed by atoms with Crippen LogP contribution in [0.5, 0.6) is 0 Å². The van der Waals surface area contributed by atoms with Gasteiger partial charge in [0.15, 0.2) is 0 Å². The zero-order valence-electron chi connectivity index (χ0n) is 15.3. The molecule has 0 N–H and O–H groups in total. The van der Waals surface area contributed by atoms with Crippen molar-refractivity contribution in [2.75, 3.05) is 26.0 Å². The van der Waals surface area contributed by atoms with E-state index in [1.54, 1.807) is 6.20 Å². The highest BCUT2D eigenvalue weighted by molar-refractivity contribution is 7.91. The Balaban J connectivity index is 1.84. The number of hydrogen-bond donors (Lipinski definition) is 0. The van der Waals surface area contributed by atoms with Crippen LogP contribution in [0.25, 0.3) is 0 Å². The topological polar surface area (TPSA) is 64.4 Å². The molecule has 1 aromatic heterocycles. The van der Waals surface area contributed by atoms with Crippen LogP contribution < -0.4 is 0 Å². The lowest BCUT2D eigenvalue weighted by atomic mass is 10.2. The molecular weight excluding hydrogens is 338 g/mol. The summed E-state index contributed by atoms with van der Waals surface area (Å²) < 4.78 is 33.2. The Morgan fingerprint density at radius 1 is 1.44 bits per heavy atom. The normalized spacial score (nSPS) is 21.2. The molecule has 1 aliphatic heterocycles. The minimum Gasteiger partial charge on any atom is -0.376 e. The molecule has 0 aromatic carbocycles. The molecule has 2 aliphatic rings. The average Bonchev–Trinajstić information content (AvgIpc) is 3.00. The second-order valence-electron chi connectivity index (χ2n) is 7.63. The fraction of sp³-hybridized carbons (Fsp3) is 0.722. The van der Waals surface area contributed by atoms with Crippen molar-refractivity contribution in [1.29, 1.82) is 0 Å². The molecule has 6 nitrogen and oxygen atoms in total. The van der Waals surface area contributed by atoms with Gasteiger partial charge in [-0.25, -0.2) is 13.4 Å². The average molecular weight is 368 g/mol. The lowest BCUT2D eigenvalue weighted by Crippen LogP contribution is -2.26. The second kappa shape index (κ2) is 7.60. The minimum absolute atomic E-state index is 0.0780. The molecule has 1 atom stereocenters. The first-order chi connectivity index (χ1) is 11.8. The number of rotatable bonds is 9. The summed E-state index contributed by atoms with van der Waals surface area (Å²) in [6.07, 6.45) is 5.83. The van der Waals surface area contributed by atoms with Gasteiger partial charge >= 0.3 is 0 Å². The fourth-order valence-corrected chi connectivity index (χ4v) is 5.26. The summed E-state index contributed by atoms with van der Waals surface area (Å²) in [5, 5.41) is 0.216. The third-order valence-electron chi connectivity index (χ3n) is 4.71. The molecular formula is C18H29N3O3S. The molecule has 1 unspecified atom stereocenters. The van der Waals surface area contributed by atoms with Gasteiger partial charge in [-0.05, 0) is 45.6 Å². The van der Waals surface area contributed by atoms with Crippen molar-refractivity contribution < 1.29 is 13.2 Å². The highest BCUT2D eigenvalue weighted by atomic mass is 32.2. The first-order valence-corrected chi connectivity index (χ1v) is 10.7. The maximum absolute atomic E-state index is 12.8. The quantitative estimate of drug-likeness (QED) is 0.627. The molecule has 0 radical (unpaired) electrons. The minimum atomic E-state index is -3.35. The lowest BCUT2D eigenvalue weighted by Gasteiger charge is -2.20. The van der Waals surface area contributed by atoms with Crippen LogP contribution in [0.15, 0.2) is 23.5 Å². The van der Waals surface area contributed by atoms with Gasteiger partial charge in [0.1, 0.15) is 0 Å². The zero-order chi connectivity index (χ0) is 18.0. The van der Waals surface area contributed by atoms with Crippen LogP contribution in [0.1, 0.15) is 38.3 Å². The summed E-state index contributed by atoms with van der Waals surface area (Å²) in [6, 6.07) is 0. The van der Waals surface area contributed by atoms with Crippen LogP contribution in [0.4, 0.5) is 0 Å². The van der Waals surface area contributed by atoms with Crippen LogP contribution in [0.2, 0.25) is 0 Å². The van der Waals surface area contributed by atoms with Gasteiger partial charge in [0.2, 0.25) is 15.0 Å². The SMILES string of the molecule is C=C(C)CN(C)Cc1cnc(S(=O)(=O)CC2CC2)n1CC1CCCO1. The molecule has 3 rings (SSSR count). The summed E-state index contributed by atoms with van der Waals surface area (Å²) in [5.74, 6) is 0.531. The number of likely N-dealkylation sites (N-methyl/N-ethyl adjacent to an activating group) is 1. The molecule has 0 bridgehead atoms. The molecule has 0 spiro atoms. The maximum atomic E-state index is 12.8. The summed E-state index contributed by atoms with van der Waals surface area (Å²) in [5.41, 5.74) is 2.00. The van der Waals surface area contributed by atoms with E-state index >= 15 is 0 Å². The molecule has 2 heterocycles. The molecule has 140 valence electrons. The second-order valence-corrected chi connectivity index (χ2v) is 9.56. The van der Waals surface area contributed by atoms with E-state index in [0.29, 0.717) is 19.0 Å². The van der Waals surface area contributed by atoms with Gasteiger partial charge in [0, 0.05) is 19.7 Å². The van der Waals surface area contributed by atoms with Gasteiger partial charge in [-0.2, -0.15) is 0 Å². The van der Waals surface area contributed by atoms with Crippen LogP contribution in [0, 0.1) is 5.92 Å². The van der Waals surface area contributed by atoms with Gasteiger partial charge in [-0.3, -0.25) is 4.90 Å². The third-order valence-corrected chi connectivity index (χ3v) is 6.51. The smallest absolute Gasteiger partial charge is 0.227 e. The van der Waals surface area contributed by atoms with Gasteiger partial charge < -0.3 is 9.30 Å². The van der Waals surface area contributed by atoms with Crippen LogP contribution >= 0.6 is 0 Å². The summed E-state index contributed by atoms with van der Waals surface area (Å²) in [7, 11) is -1.34. The largest absolute Gasteiger partial charge is 0.376 e. The van der Waals surface area contributed by atoms with Gasteiger partial charge in [0.05, 0.1) is 30.3 Å². The zero-order valence-corrected chi connectivity index (χ0v) is 16.1. The first kappa shape index (κ1) is 18.6. The van der Waals surface area contributed by atoms with Crippen molar-refractivity contribution in [2.24, 2.45) is 5.92 Å². The van der Waals surface area contributed by atoms with Crippen molar-refractivity contribution >= 4 is 9.84 Å². The summed E-state index contributed by atoms with van der Waals surface area (Å²) >= 11 is 0. The Labute approximate surface area is 150 Å². The number of sulfone groups is 1. The number of hydrogen-bond acceptors (Lipinski definition) is 5. The molecule has 1 saturated carbocycles.